The Labute approximate surface area is 90.5 Å². The number of nitrogens with zero attached hydrogens (tertiary/aromatic N) is 2. The first-order valence-corrected chi connectivity index (χ1v) is 4.70. The molecule has 1 aliphatic rings. The van der Waals surface area contributed by atoms with Crippen molar-refractivity contribution in [1.29, 1.82) is 0 Å². The van der Waals surface area contributed by atoms with Gasteiger partial charge in [0.25, 0.3) is 0 Å². The van der Waals surface area contributed by atoms with E-state index in [1.54, 1.807) is 0 Å². The van der Waals surface area contributed by atoms with Gasteiger partial charge in [0.1, 0.15) is 30.1 Å². The molecule has 1 radical (unpaired) electrons. The molecule has 2 rings (SSSR count). The Balaban J connectivity index is 2.20. The zero-order valence-electron chi connectivity index (χ0n) is 8.19. The molecule has 8 nitrogen and oxygen atoms in total. The molecule has 1 fully saturated rings. The number of aromatic nitrogens is 3. The SMILES string of the molecule is OC[C@H]1O[C](c2c[nH]nn2)[C@H](O)[C@@H](O)[C@H]1O. The van der Waals surface area contributed by atoms with Crippen molar-refractivity contribution in [2.75, 3.05) is 6.61 Å². The molecular weight excluding hydrogens is 218 g/mol. The highest BCUT2D eigenvalue weighted by Gasteiger charge is 2.45. The number of hydrogen-bond donors (Lipinski definition) is 5. The molecule has 0 bridgehead atoms. The van der Waals surface area contributed by atoms with E-state index in [4.69, 9.17) is 9.84 Å². The number of aliphatic hydroxyl groups excluding tert-OH is 4. The van der Waals surface area contributed by atoms with E-state index >= 15 is 0 Å². The van der Waals surface area contributed by atoms with Gasteiger partial charge in [0.15, 0.2) is 6.10 Å². The zero-order chi connectivity index (χ0) is 11.7. The molecule has 0 saturated carbocycles. The summed E-state index contributed by atoms with van der Waals surface area (Å²) in [6, 6.07) is 0. The fraction of sp³-hybridized carbons (Fsp3) is 0.625. The van der Waals surface area contributed by atoms with Crippen LogP contribution in [-0.4, -0.2) is 66.9 Å². The van der Waals surface area contributed by atoms with Gasteiger partial charge in [-0.2, -0.15) is 0 Å². The standard InChI is InChI=1S/C8H12N3O5/c12-2-4-5(13)6(14)7(15)8(16-4)3-1-9-11-10-3/h1,4-7,12-15H,2H2,(H,9,10,11)/t4-,5+,6+,7-/m1/s1. The second-order valence-corrected chi connectivity index (χ2v) is 3.49. The maximum Gasteiger partial charge on any atom is 0.179 e. The summed E-state index contributed by atoms with van der Waals surface area (Å²) in [4.78, 5) is 0. The van der Waals surface area contributed by atoms with Gasteiger partial charge in [0, 0.05) is 6.20 Å². The van der Waals surface area contributed by atoms with Crippen LogP contribution in [0.4, 0.5) is 0 Å². The first kappa shape index (κ1) is 11.4. The molecule has 8 heteroatoms. The Morgan fingerprint density at radius 1 is 1.31 bits per heavy atom. The van der Waals surface area contributed by atoms with Crippen molar-refractivity contribution >= 4 is 0 Å². The largest absolute Gasteiger partial charge is 0.394 e. The van der Waals surface area contributed by atoms with Crippen LogP contribution in [0.15, 0.2) is 6.20 Å². The van der Waals surface area contributed by atoms with Gasteiger partial charge < -0.3 is 25.2 Å². The third kappa shape index (κ3) is 1.81. The number of ether oxygens (including phenoxy) is 1. The number of rotatable bonds is 2. The minimum absolute atomic E-state index is 0.0226. The molecule has 0 aromatic carbocycles. The number of hydrogen-bond acceptors (Lipinski definition) is 7. The van der Waals surface area contributed by atoms with Gasteiger partial charge in [-0.1, -0.05) is 5.21 Å². The molecule has 1 aliphatic heterocycles. The lowest BCUT2D eigenvalue weighted by Gasteiger charge is -2.38. The zero-order valence-corrected chi connectivity index (χ0v) is 8.19. The third-order valence-electron chi connectivity index (χ3n) is 2.45. The van der Waals surface area contributed by atoms with E-state index in [9.17, 15) is 15.3 Å². The number of H-pyrrole nitrogens is 1. The van der Waals surface area contributed by atoms with Crippen LogP contribution in [0.25, 0.3) is 0 Å². The lowest BCUT2D eigenvalue weighted by molar-refractivity contribution is -0.184. The lowest BCUT2D eigenvalue weighted by atomic mass is 9.94. The molecule has 0 amide bonds. The highest BCUT2D eigenvalue weighted by atomic mass is 16.5. The molecular formula is C8H12N3O5. The van der Waals surface area contributed by atoms with Crippen LogP contribution in [0.3, 0.4) is 0 Å². The van der Waals surface area contributed by atoms with Crippen LogP contribution >= 0.6 is 0 Å². The summed E-state index contributed by atoms with van der Waals surface area (Å²) in [5.41, 5.74) is 0.219. The van der Waals surface area contributed by atoms with E-state index < -0.39 is 31.0 Å². The van der Waals surface area contributed by atoms with Crippen molar-refractivity contribution < 1.29 is 25.2 Å². The quantitative estimate of drug-likeness (QED) is 0.369. The van der Waals surface area contributed by atoms with Crippen molar-refractivity contribution in [2.45, 2.75) is 24.4 Å². The summed E-state index contributed by atoms with van der Waals surface area (Å²) in [5.74, 6) is 0. The first-order chi connectivity index (χ1) is 7.65. The Hall–Kier alpha value is -1.06. The van der Waals surface area contributed by atoms with Gasteiger partial charge >= 0.3 is 0 Å². The van der Waals surface area contributed by atoms with Crippen molar-refractivity contribution in [3.05, 3.63) is 18.0 Å². The smallest absolute Gasteiger partial charge is 0.179 e. The van der Waals surface area contributed by atoms with E-state index in [0.717, 1.165) is 0 Å². The van der Waals surface area contributed by atoms with E-state index in [1.165, 1.54) is 6.20 Å². The summed E-state index contributed by atoms with van der Waals surface area (Å²) in [6.45, 7) is -0.480. The van der Waals surface area contributed by atoms with Gasteiger partial charge in [-0.15, -0.1) is 5.10 Å². The maximum absolute atomic E-state index is 9.66. The van der Waals surface area contributed by atoms with E-state index in [2.05, 4.69) is 15.4 Å². The average molecular weight is 230 g/mol. The Kier molecular flexibility index (Phi) is 3.17. The number of aromatic amines is 1. The molecule has 89 valence electrons. The molecule has 1 aromatic heterocycles. The topological polar surface area (TPSA) is 132 Å². The van der Waals surface area contributed by atoms with Crippen LogP contribution in [0.5, 0.6) is 0 Å². The lowest BCUT2D eigenvalue weighted by Crippen LogP contribution is -2.55. The highest BCUT2D eigenvalue weighted by Crippen LogP contribution is 2.29. The summed E-state index contributed by atoms with van der Waals surface area (Å²) < 4.78 is 5.16. The highest BCUT2D eigenvalue weighted by molar-refractivity contribution is 5.20. The Morgan fingerprint density at radius 2 is 2.06 bits per heavy atom. The van der Waals surface area contributed by atoms with Gasteiger partial charge in [-0.25, -0.2) is 0 Å². The predicted molar refractivity (Wildman–Crippen MR) is 48.7 cm³/mol. The van der Waals surface area contributed by atoms with Crippen LogP contribution in [0.2, 0.25) is 0 Å². The molecule has 0 spiro atoms. The van der Waals surface area contributed by atoms with E-state index in [-0.39, 0.29) is 11.8 Å². The van der Waals surface area contributed by atoms with Crippen LogP contribution in [0, 0.1) is 6.10 Å². The fourth-order valence-corrected chi connectivity index (χ4v) is 1.54. The summed E-state index contributed by atoms with van der Waals surface area (Å²) in [5, 5.41) is 47.1. The average Bonchev–Trinajstić information content (AvgIpc) is 2.80. The summed E-state index contributed by atoms with van der Waals surface area (Å²) >= 11 is 0. The Morgan fingerprint density at radius 3 is 2.62 bits per heavy atom. The predicted octanol–water partition coefficient (Wildman–Crippen LogP) is -2.84. The van der Waals surface area contributed by atoms with Crippen LogP contribution < -0.4 is 0 Å². The summed E-state index contributed by atoms with van der Waals surface area (Å²) in [6.07, 6.45) is -3.83. The van der Waals surface area contributed by atoms with Crippen molar-refractivity contribution in [1.82, 2.24) is 15.4 Å². The van der Waals surface area contributed by atoms with Gasteiger partial charge in [-0.3, -0.25) is 5.10 Å². The van der Waals surface area contributed by atoms with Crippen molar-refractivity contribution in [3.8, 4) is 0 Å². The minimum atomic E-state index is -1.43. The summed E-state index contributed by atoms with van der Waals surface area (Å²) in [7, 11) is 0. The molecule has 2 heterocycles. The molecule has 1 saturated heterocycles. The van der Waals surface area contributed by atoms with Crippen LogP contribution in [-0.2, 0) is 4.74 Å². The van der Waals surface area contributed by atoms with E-state index in [1.807, 2.05) is 0 Å². The normalized spacial score (nSPS) is 36.5. The van der Waals surface area contributed by atoms with E-state index in [0.29, 0.717) is 0 Å². The van der Waals surface area contributed by atoms with Gasteiger partial charge in [0.2, 0.25) is 0 Å². The second kappa shape index (κ2) is 4.44. The fourth-order valence-electron chi connectivity index (χ4n) is 1.54. The molecule has 0 unspecified atom stereocenters. The second-order valence-electron chi connectivity index (χ2n) is 3.49. The molecule has 5 N–H and O–H groups in total. The third-order valence-corrected chi connectivity index (χ3v) is 2.45. The van der Waals surface area contributed by atoms with Crippen molar-refractivity contribution in [2.24, 2.45) is 0 Å². The Bertz CT molecular complexity index is 330. The minimum Gasteiger partial charge on any atom is -0.394 e. The molecule has 4 atom stereocenters. The van der Waals surface area contributed by atoms with Gasteiger partial charge in [-0.05, 0) is 0 Å². The van der Waals surface area contributed by atoms with Crippen LogP contribution in [0.1, 0.15) is 5.69 Å². The number of aliphatic hydroxyl groups is 4. The maximum atomic E-state index is 9.66. The monoisotopic (exact) mass is 230 g/mol. The molecule has 16 heavy (non-hydrogen) atoms. The molecule has 1 aromatic rings. The molecule has 0 aliphatic carbocycles. The number of nitrogens with one attached hydrogen (secondary N) is 1. The first-order valence-electron chi connectivity index (χ1n) is 4.70. The van der Waals surface area contributed by atoms with Crippen molar-refractivity contribution in [3.63, 3.8) is 0 Å². The van der Waals surface area contributed by atoms with Gasteiger partial charge in [0.05, 0.1) is 6.61 Å².